The molecule has 0 aromatic heterocycles. The molecule has 0 spiro atoms. The lowest BCUT2D eigenvalue weighted by atomic mass is 10.1. The number of halogens is 1. The van der Waals surface area contributed by atoms with Gasteiger partial charge in [-0.25, -0.2) is 5.43 Å². The van der Waals surface area contributed by atoms with E-state index in [0.717, 1.165) is 28.8 Å². The van der Waals surface area contributed by atoms with E-state index in [9.17, 15) is 4.79 Å². The Morgan fingerprint density at radius 1 is 1.50 bits per heavy atom. The SMILES string of the molecule is CNC(=O)c1cccc(CNN2C=CC(Br)=C3OCCC32)c1. The first-order valence-corrected chi connectivity index (χ1v) is 8.02. The number of carbonyl (C=O) groups excluding carboxylic acids is 1. The van der Waals surface area contributed by atoms with Crippen LogP contribution >= 0.6 is 15.9 Å². The highest BCUT2D eigenvalue weighted by molar-refractivity contribution is 9.11. The molecule has 2 aliphatic rings. The zero-order valence-electron chi connectivity index (χ0n) is 12.3. The lowest BCUT2D eigenvalue weighted by molar-refractivity contribution is 0.0963. The fraction of sp³-hybridized carbons (Fsp3) is 0.312. The van der Waals surface area contributed by atoms with Gasteiger partial charge in [-0.1, -0.05) is 12.1 Å². The molecule has 116 valence electrons. The predicted molar refractivity (Wildman–Crippen MR) is 88.0 cm³/mol. The van der Waals surface area contributed by atoms with Gasteiger partial charge in [0.05, 0.1) is 11.1 Å². The molecule has 5 nitrogen and oxygen atoms in total. The minimum absolute atomic E-state index is 0.0712. The zero-order valence-corrected chi connectivity index (χ0v) is 13.9. The lowest BCUT2D eigenvalue weighted by Crippen LogP contribution is -2.42. The van der Waals surface area contributed by atoms with Crippen LogP contribution in [0, 0.1) is 0 Å². The van der Waals surface area contributed by atoms with Crippen LogP contribution in [0.2, 0.25) is 0 Å². The van der Waals surface area contributed by atoms with Gasteiger partial charge in [0.15, 0.2) is 0 Å². The Kier molecular flexibility index (Phi) is 4.49. The van der Waals surface area contributed by atoms with Crippen LogP contribution in [0.5, 0.6) is 0 Å². The Labute approximate surface area is 138 Å². The lowest BCUT2D eigenvalue weighted by Gasteiger charge is -2.30. The predicted octanol–water partition coefficient (Wildman–Crippen LogP) is 2.28. The molecule has 2 aliphatic heterocycles. The van der Waals surface area contributed by atoms with Crippen LogP contribution in [0.1, 0.15) is 22.3 Å². The molecule has 1 amide bonds. The Hall–Kier alpha value is -1.79. The molecule has 1 fully saturated rings. The van der Waals surface area contributed by atoms with E-state index < -0.39 is 0 Å². The highest BCUT2D eigenvalue weighted by Gasteiger charge is 2.31. The van der Waals surface area contributed by atoms with Crippen molar-refractivity contribution in [1.82, 2.24) is 15.8 Å². The van der Waals surface area contributed by atoms with Crippen LogP contribution in [-0.4, -0.2) is 30.6 Å². The van der Waals surface area contributed by atoms with Crippen molar-refractivity contribution >= 4 is 21.8 Å². The number of hydrogen-bond donors (Lipinski definition) is 2. The number of benzene rings is 1. The van der Waals surface area contributed by atoms with Crippen LogP contribution in [0.25, 0.3) is 0 Å². The second kappa shape index (κ2) is 6.54. The number of allylic oxidation sites excluding steroid dienone is 2. The van der Waals surface area contributed by atoms with Crippen molar-refractivity contribution in [2.45, 2.75) is 19.0 Å². The molecule has 0 radical (unpaired) electrons. The number of hydrazine groups is 1. The van der Waals surface area contributed by atoms with Crippen LogP contribution in [0.4, 0.5) is 0 Å². The molecule has 1 aromatic rings. The van der Waals surface area contributed by atoms with Gasteiger partial charge in [0.1, 0.15) is 11.8 Å². The summed E-state index contributed by atoms with van der Waals surface area (Å²) in [4.78, 5) is 11.7. The minimum Gasteiger partial charge on any atom is -0.494 e. The molecule has 0 saturated carbocycles. The summed E-state index contributed by atoms with van der Waals surface area (Å²) >= 11 is 3.52. The van der Waals surface area contributed by atoms with Gasteiger partial charge in [-0.15, -0.1) is 0 Å². The molecule has 1 aromatic carbocycles. The molecule has 22 heavy (non-hydrogen) atoms. The summed E-state index contributed by atoms with van der Waals surface area (Å²) < 4.78 is 6.67. The topological polar surface area (TPSA) is 53.6 Å². The number of carbonyl (C=O) groups is 1. The summed E-state index contributed by atoms with van der Waals surface area (Å²) in [6, 6.07) is 7.84. The van der Waals surface area contributed by atoms with Gasteiger partial charge >= 0.3 is 0 Å². The summed E-state index contributed by atoms with van der Waals surface area (Å²) in [7, 11) is 1.64. The first-order valence-electron chi connectivity index (χ1n) is 7.22. The highest BCUT2D eigenvalue weighted by atomic mass is 79.9. The normalized spacial score (nSPS) is 19.9. The molecule has 1 saturated heterocycles. The number of amides is 1. The van der Waals surface area contributed by atoms with E-state index in [4.69, 9.17) is 4.74 Å². The third-order valence-corrected chi connectivity index (χ3v) is 4.44. The Morgan fingerprint density at radius 2 is 2.36 bits per heavy atom. The van der Waals surface area contributed by atoms with Crippen molar-refractivity contribution in [2.75, 3.05) is 13.7 Å². The van der Waals surface area contributed by atoms with Crippen LogP contribution < -0.4 is 10.7 Å². The van der Waals surface area contributed by atoms with Crippen LogP contribution in [-0.2, 0) is 11.3 Å². The number of hydrogen-bond acceptors (Lipinski definition) is 4. The second-order valence-electron chi connectivity index (χ2n) is 5.20. The Morgan fingerprint density at radius 3 is 3.18 bits per heavy atom. The maximum Gasteiger partial charge on any atom is 0.251 e. The Balaban J connectivity index is 1.66. The second-order valence-corrected chi connectivity index (χ2v) is 6.06. The fourth-order valence-corrected chi connectivity index (χ4v) is 3.14. The van der Waals surface area contributed by atoms with Gasteiger partial charge in [0.2, 0.25) is 0 Å². The summed E-state index contributed by atoms with van der Waals surface area (Å²) in [5.74, 6) is 0.909. The number of ether oxygens (including phenoxy) is 1. The van der Waals surface area contributed by atoms with Crippen LogP contribution in [0.15, 0.2) is 46.8 Å². The van der Waals surface area contributed by atoms with E-state index in [-0.39, 0.29) is 11.9 Å². The minimum atomic E-state index is -0.0712. The summed E-state index contributed by atoms with van der Waals surface area (Å²) in [6.45, 7) is 1.39. The third-order valence-electron chi connectivity index (χ3n) is 3.79. The van der Waals surface area contributed by atoms with Gasteiger partial charge in [-0.05, 0) is 39.7 Å². The van der Waals surface area contributed by atoms with Gasteiger partial charge < -0.3 is 15.1 Å². The maximum atomic E-state index is 11.7. The van der Waals surface area contributed by atoms with E-state index in [1.165, 1.54) is 0 Å². The van der Waals surface area contributed by atoms with Crippen molar-refractivity contribution in [2.24, 2.45) is 0 Å². The molecule has 2 heterocycles. The van der Waals surface area contributed by atoms with Crippen molar-refractivity contribution in [1.29, 1.82) is 0 Å². The number of nitrogens with zero attached hydrogens (tertiary/aromatic N) is 1. The van der Waals surface area contributed by atoms with E-state index in [0.29, 0.717) is 12.1 Å². The molecular formula is C16H18BrN3O2. The van der Waals surface area contributed by atoms with E-state index in [2.05, 4.69) is 31.7 Å². The Bertz CT molecular complexity index is 642. The van der Waals surface area contributed by atoms with Gasteiger partial charge in [0.25, 0.3) is 5.91 Å². The largest absolute Gasteiger partial charge is 0.494 e. The van der Waals surface area contributed by atoms with Gasteiger partial charge in [-0.2, -0.15) is 0 Å². The molecule has 1 atom stereocenters. The van der Waals surface area contributed by atoms with E-state index in [1.807, 2.05) is 36.5 Å². The third kappa shape index (κ3) is 3.03. The maximum absolute atomic E-state index is 11.7. The first-order chi connectivity index (χ1) is 10.7. The monoisotopic (exact) mass is 363 g/mol. The molecule has 0 aliphatic carbocycles. The number of rotatable bonds is 4. The smallest absolute Gasteiger partial charge is 0.251 e. The van der Waals surface area contributed by atoms with E-state index >= 15 is 0 Å². The average Bonchev–Trinajstić information content (AvgIpc) is 3.04. The molecule has 0 bridgehead atoms. The van der Waals surface area contributed by atoms with Gasteiger partial charge in [-0.3, -0.25) is 4.79 Å². The van der Waals surface area contributed by atoms with Gasteiger partial charge in [0, 0.05) is 31.8 Å². The van der Waals surface area contributed by atoms with Crippen LogP contribution in [0.3, 0.4) is 0 Å². The molecule has 1 unspecified atom stereocenters. The molecule has 6 heteroatoms. The fourth-order valence-electron chi connectivity index (χ4n) is 2.65. The van der Waals surface area contributed by atoms with Crippen molar-refractivity contribution in [3.63, 3.8) is 0 Å². The summed E-state index contributed by atoms with van der Waals surface area (Å²) in [5.41, 5.74) is 5.12. The molecular weight excluding hydrogens is 346 g/mol. The van der Waals surface area contributed by atoms with E-state index in [1.54, 1.807) is 7.05 Å². The molecule has 3 rings (SSSR count). The first kappa shape index (κ1) is 15.1. The van der Waals surface area contributed by atoms with Crippen molar-refractivity contribution in [3.8, 4) is 0 Å². The summed E-state index contributed by atoms with van der Waals surface area (Å²) in [6.07, 6.45) is 4.95. The number of fused-ring (bicyclic) bond motifs is 1. The highest BCUT2D eigenvalue weighted by Crippen LogP contribution is 2.32. The summed E-state index contributed by atoms with van der Waals surface area (Å²) in [5, 5.41) is 4.71. The van der Waals surface area contributed by atoms with Crippen molar-refractivity contribution in [3.05, 3.63) is 57.9 Å². The van der Waals surface area contributed by atoms with Crippen molar-refractivity contribution < 1.29 is 9.53 Å². The average molecular weight is 364 g/mol. The quantitative estimate of drug-likeness (QED) is 0.861. The molecule has 2 N–H and O–H groups in total. The number of nitrogens with one attached hydrogen (secondary N) is 2. The zero-order chi connectivity index (χ0) is 15.5. The standard InChI is InChI=1S/C16H18BrN3O2/c1-18-16(21)12-4-2-3-11(9-12)10-19-20-7-5-13(17)15-14(20)6-8-22-15/h2-5,7,9,14,19H,6,8,10H2,1H3,(H,18,21).